The van der Waals surface area contributed by atoms with Crippen LogP contribution in [0, 0.1) is 5.82 Å². The Balaban J connectivity index is 1.73. The van der Waals surface area contributed by atoms with Gasteiger partial charge in [0, 0.05) is 5.69 Å². The van der Waals surface area contributed by atoms with Gasteiger partial charge in [0.1, 0.15) is 5.82 Å². The largest absolute Gasteiger partial charge is 0.335 e. The van der Waals surface area contributed by atoms with E-state index in [1.54, 1.807) is 12.1 Å². The summed E-state index contributed by atoms with van der Waals surface area (Å²) in [6.07, 6.45) is 5.73. The number of quaternary nitrogens is 1. The fraction of sp³-hybridized carbons (Fsp3) is 0.533. The van der Waals surface area contributed by atoms with E-state index in [0.717, 1.165) is 6.54 Å². The Bertz CT molecular complexity index is 397. The van der Waals surface area contributed by atoms with Crippen molar-refractivity contribution in [3.63, 3.8) is 0 Å². The molecule has 0 radical (unpaired) electrons. The molecule has 0 spiro atoms. The van der Waals surface area contributed by atoms with Crippen molar-refractivity contribution in [2.24, 2.45) is 0 Å². The van der Waals surface area contributed by atoms with Crippen molar-refractivity contribution in [1.29, 1.82) is 0 Å². The molecule has 1 saturated heterocycles. The van der Waals surface area contributed by atoms with E-state index in [9.17, 15) is 9.18 Å². The number of benzene rings is 1. The molecule has 1 aliphatic heterocycles. The molecule has 3 nitrogen and oxygen atoms in total. The molecular formula is C15H22FN2O+. The predicted octanol–water partition coefficient (Wildman–Crippen LogP) is 1.61. The van der Waals surface area contributed by atoms with E-state index in [2.05, 4.69) is 5.32 Å². The highest BCUT2D eigenvalue weighted by molar-refractivity contribution is 5.90. The van der Waals surface area contributed by atoms with Crippen LogP contribution in [-0.2, 0) is 4.79 Å². The maximum absolute atomic E-state index is 12.7. The summed E-state index contributed by atoms with van der Waals surface area (Å²) in [5.41, 5.74) is 0.664. The topological polar surface area (TPSA) is 33.5 Å². The van der Waals surface area contributed by atoms with E-state index in [0.29, 0.717) is 12.1 Å². The van der Waals surface area contributed by atoms with Gasteiger partial charge < -0.3 is 10.2 Å². The highest BCUT2D eigenvalue weighted by Gasteiger charge is 2.13. The van der Waals surface area contributed by atoms with Crippen LogP contribution in [0.5, 0.6) is 0 Å². The summed E-state index contributed by atoms with van der Waals surface area (Å²) >= 11 is 0. The molecule has 19 heavy (non-hydrogen) atoms. The number of amides is 1. The molecule has 0 atom stereocenters. The molecule has 1 amide bonds. The number of anilines is 1. The van der Waals surface area contributed by atoms with Crippen molar-refractivity contribution in [3.05, 3.63) is 30.1 Å². The van der Waals surface area contributed by atoms with Crippen LogP contribution in [0.2, 0.25) is 0 Å². The molecule has 1 aromatic carbocycles. The molecule has 0 bridgehead atoms. The Morgan fingerprint density at radius 3 is 2.37 bits per heavy atom. The Kier molecular flexibility index (Phi) is 5.33. The molecule has 0 unspecified atom stereocenters. The monoisotopic (exact) mass is 265 g/mol. The lowest BCUT2D eigenvalue weighted by Crippen LogP contribution is -3.12. The van der Waals surface area contributed by atoms with Gasteiger partial charge in [0.25, 0.3) is 0 Å². The summed E-state index contributed by atoms with van der Waals surface area (Å²) in [5, 5.41) is 2.81. The van der Waals surface area contributed by atoms with Crippen LogP contribution in [-0.4, -0.2) is 25.5 Å². The minimum Gasteiger partial charge on any atom is -0.335 e. The first-order chi connectivity index (χ1) is 9.24. The normalized spacial score (nSPS) is 16.9. The molecule has 0 aromatic heterocycles. The lowest BCUT2D eigenvalue weighted by atomic mass is 10.2. The van der Waals surface area contributed by atoms with Crippen molar-refractivity contribution >= 4 is 11.6 Å². The second-order valence-electron chi connectivity index (χ2n) is 5.22. The number of nitrogens with one attached hydrogen (secondary N) is 2. The number of halogens is 1. The first-order valence-electron chi connectivity index (χ1n) is 7.13. The molecular weight excluding hydrogens is 243 g/mol. The third-order valence-corrected chi connectivity index (χ3v) is 3.64. The SMILES string of the molecule is O=C(CC[NH+]1CCCCCC1)Nc1ccc(F)cc1. The molecule has 2 rings (SSSR count). The second-order valence-corrected chi connectivity index (χ2v) is 5.22. The van der Waals surface area contributed by atoms with Gasteiger partial charge in [-0.15, -0.1) is 0 Å². The second kappa shape index (κ2) is 7.24. The van der Waals surface area contributed by atoms with Crippen molar-refractivity contribution in [1.82, 2.24) is 0 Å². The zero-order valence-corrected chi connectivity index (χ0v) is 11.3. The first-order valence-corrected chi connectivity index (χ1v) is 7.13. The number of hydrogen-bond acceptors (Lipinski definition) is 1. The molecule has 0 aliphatic carbocycles. The van der Waals surface area contributed by atoms with Crippen LogP contribution in [0.3, 0.4) is 0 Å². The van der Waals surface area contributed by atoms with Crippen molar-refractivity contribution in [3.8, 4) is 0 Å². The minimum absolute atomic E-state index is 0.0170. The van der Waals surface area contributed by atoms with E-state index in [1.807, 2.05) is 0 Å². The van der Waals surface area contributed by atoms with Gasteiger partial charge in [-0.25, -0.2) is 4.39 Å². The van der Waals surface area contributed by atoms with Crippen LogP contribution in [0.15, 0.2) is 24.3 Å². The van der Waals surface area contributed by atoms with Crippen molar-refractivity contribution in [2.75, 3.05) is 25.0 Å². The van der Waals surface area contributed by atoms with Gasteiger partial charge in [-0.1, -0.05) is 0 Å². The van der Waals surface area contributed by atoms with Crippen LogP contribution in [0.25, 0.3) is 0 Å². The summed E-state index contributed by atoms with van der Waals surface area (Å²) in [6, 6.07) is 5.89. The van der Waals surface area contributed by atoms with Crippen LogP contribution < -0.4 is 10.2 Å². The van der Waals surface area contributed by atoms with Gasteiger partial charge in [0.2, 0.25) is 5.91 Å². The third kappa shape index (κ3) is 4.99. The van der Waals surface area contributed by atoms with Gasteiger partial charge in [0.05, 0.1) is 26.1 Å². The minimum atomic E-state index is -0.285. The summed E-state index contributed by atoms with van der Waals surface area (Å²) < 4.78 is 12.7. The fourth-order valence-corrected chi connectivity index (χ4v) is 2.53. The van der Waals surface area contributed by atoms with Crippen molar-refractivity contribution in [2.45, 2.75) is 32.1 Å². The number of carbonyl (C=O) groups is 1. The Morgan fingerprint density at radius 2 is 1.74 bits per heavy atom. The van der Waals surface area contributed by atoms with Gasteiger partial charge in [-0.3, -0.25) is 4.79 Å². The first kappa shape index (κ1) is 14.0. The standard InChI is InChI=1S/C15H21FN2O/c16-13-5-7-14(8-6-13)17-15(19)9-12-18-10-3-1-2-4-11-18/h5-8H,1-4,9-12H2,(H,17,19)/p+1. The fourth-order valence-electron chi connectivity index (χ4n) is 2.53. The molecule has 4 heteroatoms. The van der Waals surface area contributed by atoms with Crippen LogP contribution in [0.4, 0.5) is 10.1 Å². The Labute approximate surface area is 113 Å². The Morgan fingerprint density at radius 1 is 1.11 bits per heavy atom. The van der Waals surface area contributed by atoms with E-state index >= 15 is 0 Å². The number of carbonyl (C=O) groups excluding carboxylic acids is 1. The zero-order chi connectivity index (χ0) is 13.5. The smallest absolute Gasteiger partial charge is 0.230 e. The van der Waals surface area contributed by atoms with Gasteiger partial charge >= 0.3 is 0 Å². The molecule has 1 aromatic rings. The van der Waals surface area contributed by atoms with Crippen LogP contribution in [0.1, 0.15) is 32.1 Å². The van der Waals surface area contributed by atoms with Gasteiger partial charge in [-0.05, 0) is 49.9 Å². The van der Waals surface area contributed by atoms with E-state index in [-0.39, 0.29) is 11.7 Å². The van der Waals surface area contributed by atoms with E-state index in [4.69, 9.17) is 0 Å². The molecule has 1 aliphatic rings. The number of rotatable bonds is 4. The van der Waals surface area contributed by atoms with Crippen LogP contribution >= 0.6 is 0 Å². The maximum Gasteiger partial charge on any atom is 0.230 e. The van der Waals surface area contributed by atoms with E-state index < -0.39 is 0 Å². The highest BCUT2D eigenvalue weighted by Crippen LogP contribution is 2.08. The summed E-state index contributed by atoms with van der Waals surface area (Å²) in [7, 11) is 0. The molecule has 104 valence electrons. The molecule has 1 fully saturated rings. The highest BCUT2D eigenvalue weighted by atomic mass is 19.1. The van der Waals surface area contributed by atoms with E-state index in [1.165, 1.54) is 55.8 Å². The molecule has 2 N–H and O–H groups in total. The lowest BCUT2D eigenvalue weighted by Gasteiger charge is -2.16. The summed E-state index contributed by atoms with van der Waals surface area (Å²) in [6.45, 7) is 3.26. The average molecular weight is 265 g/mol. The number of likely N-dealkylation sites (tertiary alicyclic amines) is 1. The maximum atomic E-state index is 12.7. The van der Waals surface area contributed by atoms with Gasteiger partial charge in [-0.2, -0.15) is 0 Å². The Hall–Kier alpha value is -1.42. The van der Waals surface area contributed by atoms with Gasteiger partial charge in [0.15, 0.2) is 0 Å². The quantitative estimate of drug-likeness (QED) is 0.852. The summed E-state index contributed by atoms with van der Waals surface area (Å²) in [4.78, 5) is 13.3. The summed E-state index contributed by atoms with van der Waals surface area (Å²) in [5.74, 6) is -0.268. The lowest BCUT2D eigenvalue weighted by molar-refractivity contribution is -0.898. The predicted molar refractivity (Wildman–Crippen MR) is 73.7 cm³/mol. The average Bonchev–Trinajstić information content (AvgIpc) is 2.68. The molecule has 1 heterocycles. The number of hydrogen-bond donors (Lipinski definition) is 2. The molecule has 0 saturated carbocycles. The zero-order valence-electron chi connectivity index (χ0n) is 11.3. The third-order valence-electron chi connectivity index (χ3n) is 3.64. The van der Waals surface area contributed by atoms with Crippen molar-refractivity contribution < 1.29 is 14.1 Å².